The summed E-state index contributed by atoms with van der Waals surface area (Å²) in [5, 5.41) is 3.45. The van der Waals surface area contributed by atoms with E-state index in [1.165, 1.54) is 43.8 Å². The molecule has 0 saturated carbocycles. The van der Waals surface area contributed by atoms with Crippen LogP contribution in [0, 0.1) is 12.8 Å². The summed E-state index contributed by atoms with van der Waals surface area (Å²) >= 11 is 6.90. The highest BCUT2D eigenvalue weighted by molar-refractivity contribution is 6.32. The van der Waals surface area contributed by atoms with Gasteiger partial charge in [0.25, 0.3) is 0 Å². The molecule has 0 amide bonds. The van der Waals surface area contributed by atoms with Crippen LogP contribution in [0.2, 0.25) is 0 Å². The highest BCUT2D eigenvalue weighted by Crippen LogP contribution is 2.37. The van der Waals surface area contributed by atoms with E-state index in [-0.39, 0.29) is 0 Å². The van der Waals surface area contributed by atoms with Crippen LogP contribution < -0.4 is 10.4 Å². The molecule has 0 radical (unpaired) electrons. The lowest BCUT2D eigenvalue weighted by Crippen LogP contribution is -2.37. The Morgan fingerprint density at radius 3 is 2.63 bits per heavy atom. The SMILES string of the molecule is BC1=CC[C@@H](C2=c3c(C)cccc3=C(c3ccccc3)/C(=C(Cl)/C=C\C=C)C2)C=C1. The fourth-order valence-corrected chi connectivity index (χ4v) is 4.76. The first-order valence-electron chi connectivity index (χ1n) is 10.5. The lowest BCUT2D eigenvalue weighted by molar-refractivity contribution is 0.807. The van der Waals surface area contributed by atoms with Gasteiger partial charge in [0.2, 0.25) is 0 Å². The average molecular weight is 409 g/mol. The summed E-state index contributed by atoms with van der Waals surface area (Å²) in [7, 11) is 2.17. The molecule has 30 heavy (non-hydrogen) atoms. The molecule has 1 atom stereocenters. The summed E-state index contributed by atoms with van der Waals surface area (Å²) in [5.41, 5.74) is 7.76. The Hall–Kier alpha value is -2.77. The van der Waals surface area contributed by atoms with Crippen molar-refractivity contribution in [3.63, 3.8) is 0 Å². The first kappa shape index (κ1) is 20.5. The zero-order valence-corrected chi connectivity index (χ0v) is 18.4. The minimum atomic E-state index is 0.397. The van der Waals surface area contributed by atoms with Crippen molar-refractivity contribution in [1.29, 1.82) is 0 Å². The average Bonchev–Trinajstić information content (AvgIpc) is 2.77. The fraction of sp³-hybridized carbons (Fsp3) is 0.143. The van der Waals surface area contributed by atoms with Crippen LogP contribution >= 0.6 is 11.6 Å². The van der Waals surface area contributed by atoms with Crippen LogP contribution in [0.5, 0.6) is 0 Å². The maximum Gasteiger partial charge on any atom is 0.138 e. The van der Waals surface area contributed by atoms with Gasteiger partial charge in [0.05, 0.1) is 0 Å². The molecule has 148 valence electrons. The number of aryl methyl sites for hydroxylation is 1. The maximum absolute atomic E-state index is 6.90. The fourth-order valence-electron chi connectivity index (χ4n) is 4.53. The third-order valence-corrected chi connectivity index (χ3v) is 6.35. The standard InChI is InChI=1S/C28H26BCl/c1-3-4-13-26(30)25-18-24(20-14-16-22(29)17-15-20)27-19(2)9-8-12-23(27)28(25)21-10-6-5-7-11-21/h3-14,16-17,20H,1,15,18,29H2,2H3/b13-4-,26-25-/t20-/m0/s1. The van der Waals surface area contributed by atoms with E-state index >= 15 is 0 Å². The number of benzene rings is 2. The number of fused-ring (bicyclic) bond motifs is 1. The Labute approximate surface area is 185 Å². The van der Waals surface area contributed by atoms with E-state index in [1.54, 1.807) is 6.08 Å². The van der Waals surface area contributed by atoms with Crippen molar-refractivity contribution in [3.8, 4) is 0 Å². The molecular formula is C28H26BCl. The molecule has 0 heterocycles. The Morgan fingerprint density at radius 1 is 1.13 bits per heavy atom. The van der Waals surface area contributed by atoms with Gasteiger partial charge < -0.3 is 0 Å². The quantitative estimate of drug-likeness (QED) is 0.489. The minimum Gasteiger partial charge on any atom is -0.0991 e. The van der Waals surface area contributed by atoms with Crippen molar-refractivity contribution < 1.29 is 0 Å². The number of hydrogen-bond acceptors (Lipinski definition) is 0. The Bertz CT molecular complexity index is 1220. The second kappa shape index (κ2) is 8.94. The molecule has 0 N–H and O–H groups in total. The van der Waals surface area contributed by atoms with Crippen molar-refractivity contribution in [1.82, 2.24) is 0 Å². The van der Waals surface area contributed by atoms with E-state index in [9.17, 15) is 0 Å². The number of halogens is 1. The van der Waals surface area contributed by atoms with Gasteiger partial charge in [-0.1, -0.05) is 108 Å². The molecule has 0 unspecified atom stereocenters. The molecule has 2 aliphatic carbocycles. The monoisotopic (exact) mass is 408 g/mol. The van der Waals surface area contributed by atoms with Gasteiger partial charge >= 0.3 is 0 Å². The molecule has 0 nitrogen and oxygen atoms in total. The Kier molecular flexibility index (Phi) is 6.11. The molecule has 0 spiro atoms. The van der Waals surface area contributed by atoms with E-state index in [0.717, 1.165) is 17.9 Å². The molecule has 2 aromatic rings. The summed E-state index contributed by atoms with van der Waals surface area (Å²) in [6, 6.07) is 17.2. The molecule has 0 aromatic heterocycles. The summed E-state index contributed by atoms with van der Waals surface area (Å²) in [6.07, 6.45) is 14.5. The highest BCUT2D eigenvalue weighted by atomic mass is 35.5. The van der Waals surface area contributed by atoms with Crippen molar-refractivity contribution >= 4 is 30.6 Å². The van der Waals surface area contributed by atoms with Gasteiger partial charge in [0.1, 0.15) is 7.85 Å². The predicted molar refractivity (Wildman–Crippen MR) is 133 cm³/mol. The normalized spacial score (nSPS) is 20.2. The van der Waals surface area contributed by atoms with Gasteiger partial charge in [-0.3, -0.25) is 0 Å². The molecule has 2 aliphatic rings. The van der Waals surface area contributed by atoms with Crippen LogP contribution in [0.25, 0.3) is 11.1 Å². The van der Waals surface area contributed by atoms with Crippen molar-refractivity contribution in [2.45, 2.75) is 19.8 Å². The van der Waals surface area contributed by atoms with Crippen molar-refractivity contribution in [3.05, 3.63) is 129 Å². The van der Waals surface area contributed by atoms with E-state index in [2.05, 4.69) is 88.1 Å². The summed E-state index contributed by atoms with van der Waals surface area (Å²) < 4.78 is 0. The smallest absolute Gasteiger partial charge is 0.0991 e. The van der Waals surface area contributed by atoms with E-state index < -0.39 is 0 Å². The van der Waals surface area contributed by atoms with Crippen LogP contribution in [-0.2, 0) is 0 Å². The first-order valence-corrected chi connectivity index (χ1v) is 10.9. The Morgan fingerprint density at radius 2 is 1.93 bits per heavy atom. The third kappa shape index (κ3) is 3.95. The van der Waals surface area contributed by atoms with Gasteiger partial charge in [-0.15, -0.1) is 0 Å². The van der Waals surface area contributed by atoms with Gasteiger partial charge in [-0.2, -0.15) is 0 Å². The molecule has 2 heteroatoms. The van der Waals surface area contributed by atoms with Gasteiger partial charge in [0.15, 0.2) is 0 Å². The third-order valence-electron chi connectivity index (χ3n) is 5.99. The molecule has 2 aromatic carbocycles. The number of allylic oxidation sites excluding steroid dienone is 9. The Balaban J connectivity index is 2.09. The first-order chi connectivity index (χ1) is 14.6. The van der Waals surface area contributed by atoms with E-state index in [4.69, 9.17) is 11.6 Å². The maximum atomic E-state index is 6.90. The topological polar surface area (TPSA) is 0 Å². The van der Waals surface area contributed by atoms with Crippen molar-refractivity contribution in [2.24, 2.45) is 5.92 Å². The van der Waals surface area contributed by atoms with Crippen LogP contribution in [0.3, 0.4) is 0 Å². The van der Waals surface area contributed by atoms with Crippen LogP contribution in [0.15, 0.2) is 108 Å². The van der Waals surface area contributed by atoms with E-state index in [1.807, 2.05) is 12.2 Å². The molecule has 0 bridgehead atoms. The van der Waals surface area contributed by atoms with Crippen LogP contribution in [0.1, 0.15) is 24.0 Å². The molecule has 0 aliphatic heterocycles. The van der Waals surface area contributed by atoms with Gasteiger partial charge in [-0.05, 0) is 58.6 Å². The summed E-state index contributed by atoms with van der Waals surface area (Å²) in [6.45, 7) is 6.03. The second-order valence-electron chi connectivity index (χ2n) is 8.01. The van der Waals surface area contributed by atoms with E-state index in [0.29, 0.717) is 5.92 Å². The lowest BCUT2D eigenvalue weighted by atomic mass is 9.76. The number of rotatable bonds is 4. The summed E-state index contributed by atoms with van der Waals surface area (Å²) in [4.78, 5) is 0. The highest BCUT2D eigenvalue weighted by Gasteiger charge is 2.24. The van der Waals surface area contributed by atoms with Gasteiger partial charge in [-0.25, -0.2) is 0 Å². The predicted octanol–water partition coefficient (Wildman–Crippen LogP) is 5.08. The second-order valence-corrected chi connectivity index (χ2v) is 8.42. The largest absolute Gasteiger partial charge is 0.138 e. The molecular weight excluding hydrogens is 383 g/mol. The lowest BCUT2D eigenvalue weighted by Gasteiger charge is -2.27. The summed E-state index contributed by atoms with van der Waals surface area (Å²) in [5.74, 6) is 0.397. The zero-order valence-electron chi connectivity index (χ0n) is 17.7. The zero-order chi connectivity index (χ0) is 21.1. The number of hydrogen-bond donors (Lipinski definition) is 0. The molecule has 4 rings (SSSR count). The minimum absolute atomic E-state index is 0.397. The molecule has 0 fully saturated rings. The molecule has 0 saturated heterocycles. The van der Waals surface area contributed by atoms with Crippen LogP contribution in [0.4, 0.5) is 0 Å². The van der Waals surface area contributed by atoms with Gasteiger partial charge in [0, 0.05) is 11.0 Å². The van der Waals surface area contributed by atoms with Crippen LogP contribution in [-0.4, -0.2) is 7.85 Å². The van der Waals surface area contributed by atoms with Crippen molar-refractivity contribution in [2.75, 3.05) is 0 Å².